The lowest BCUT2D eigenvalue weighted by Crippen LogP contribution is -2.30. The molecule has 128 valence electrons. The second-order valence-corrected chi connectivity index (χ2v) is 6.13. The highest BCUT2D eigenvalue weighted by Crippen LogP contribution is 2.27. The van der Waals surface area contributed by atoms with Crippen LogP contribution in [0.15, 0.2) is 53.1 Å². The van der Waals surface area contributed by atoms with E-state index in [0.717, 1.165) is 33.2 Å². The van der Waals surface area contributed by atoms with Gasteiger partial charge in [-0.3, -0.25) is 9.78 Å². The Labute approximate surface area is 151 Å². The van der Waals surface area contributed by atoms with Gasteiger partial charge in [0.15, 0.2) is 0 Å². The minimum atomic E-state index is -0.879. The monoisotopic (exact) mass is 405 g/mol. The number of aromatic nitrogens is 1. The van der Waals surface area contributed by atoms with Gasteiger partial charge in [0.05, 0.1) is 5.52 Å². The summed E-state index contributed by atoms with van der Waals surface area (Å²) in [4.78, 5) is 16.2. The van der Waals surface area contributed by atoms with E-state index in [1.807, 2.05) is 24.3 Å². The normalized spacial score (nSPS) is 10.7. The molecule has 0 fully saturated rings. The van der Waals surface area contributed by atoms with Crippen molar-refractivity contribution in [1.29, 1.82) is 0 Å². The molecule has 3 aromatic rings. The highest BCUT2D eigenvalue weighted by atomic mass is 79.9. The summed E-state index contributed by atoms with van der Waals surface area (Å²) >= 11 is 3.45. The van der Waals surface area contributed by atoms with E-state index >= 15 is 0 Å². The van der Waals surface area contributed by atoms with Crippen molar-refractivity contribution >= 4 is 38.4 Å². The molecule has 0 bridgehead atoms. The van der Waals surface area contributed by atoms with Crippen LogP contribution >= 0.6 is 15.9 Å². The van der Waals surface area contributed by atoms with Crippen molar-refractivity contribution in [2.24, 2.45) is 0 Å². The number of benzene rings is 2. The average molecular weight is 406 g/mol. The summed E-state index contributed by atoms with van der Waals surface area (Å²) in [5.41, 5.74) is 1.11. The second kappa shape index (κ2) is 7.57. The van der Waals surface area contributed by atoms with E-state index in [-0.39, 0.29) is 6.54 Å². The van der Waals surface area contributed by atoms with Crippen LogP contribution in [-0.4, -0.2) is 24.0 Å². The average Bonchev–Trinajstić information content (AvgIpc) is 2.59. The fourth-order valence-electron chi connectivity index (χ4n) is 2.47. The summed E-state index contributed by atoms with van der Waals surface area (Å²) in [5.74, 6) is -2.54. The molecule has 3 rings (SSSR count). The molecule has 1 amide bonds. The number of fused-ring (bicyclic) bond motifs is 1. The number of rotatable bonds is 5. The van der Waals surface area contributed by atoms with Crippen LogP contribution in [0.1, 0.15) is 10.4 Å². The van der Waals surface area contributed by atoms with Crippen LogP contribution in [0.2, 0.25) is 0 Å². The zero-order chi connectivity index (χ0) is 17.8. The minimum Gasteiger partial charge on any atom is -0.383 e. The zero-order valence-corrected chi connectivity index (χ0v) is 14.6. The standard InChI is InChI=1S/C18H14BrF2N3O/c19-12-4-1-3-11-15(7-8-23-17(11)12)22-9-10-24-18(25)16-13(20)5-2-6-14(16)21/h1-8H,9-10H2,(H,22,23)(H,24,25). The lowest BCUT2D eigenvalue weighted by Gasteiger charge is -2.11. The zero-order valence-electron chi connectivity index (χ0n) is 13.0. The van der Waals surface area contributed by atoms with E-state index in [9.17, 15) is 13.6 Å². The van der Waals surface area contributed by atoms with Gasteiger partial charge in [-0.15, -0.1) is 0 Å². The second-order valence-electron chi connectivity index (χ2n) is 5.27. The Balaban J connectivity index is 1.63. The van der Waals surface area contributed by atoms with Crippen LogP contribution in [0, 0.1) is 11.6 Å². The lowest BCUT2D eigenvalue weighted by atomic mass is 10.2. The Hall–Kier alpha value is -2.54. The maximum absolute atomic E-state index is 13.6. The molecule has 4 nitrogen and oxygen atoms in total. The molecule has 0 radical (unpaired) electrons. The van der Waals surface area contributed by atoms with Gasteiger partial charge in [0.25, 0.3) is 5.91 Å². The van der Waals surface area contributed by atoms with Gasteiger partial charge in [-0.2, -0.15) is 0 Å². The number of nitrogens with one attached hydrogen (secondary N) is 2. The fourth-order valence-corrected chi connectivity index (χ4v) is 2.94. The van der Waals surface area contributed by atoms with Crippen LogP contribution in [0.3, 0.4) is 0 Å². The number of halogens is 3. The van der Waals surface area contributed by atoms with Crippen molar-refractivity contribution in [3.05, 3.63) is 70.3 Å². The van der Waals surface area contributed by atoms with Crippen molar-refractivity contribution < 1.29 is 13.6 Å². The number of anilines is 1. The lowest BCUT2D eigenvalue weighted by molar-refractivity contribution is 0.0947. The summed E-state index contributed by atoms with van der Waals surface area (Å²) in [6.07, 6.45) is 1.68. The number of amides is 1. The third-order valence-corrected chi connectivity index (χ3v) is 4.28. The number of para-hydroxylation sites is 1. The van der Waals surface area contributed by atoms with Crippen LogP contribution in [0.25, 0.3) is 10.9 Å². The van der Waals surface area contributed by atoms with Gasteiger partial charge in [-0.25, -0.2) is 8.78 Å². The molecule has 0 spiro atoms. The van der Waals surface area contributed by atoms with Gasteiger partial charge < -0.3 is 10.6 Å². The predicted molar refractivity (Wildman–Crippen MR) is 96.6 cm³/mol. The molecule has 0 aliphatic rings. The Morgan fingerprint density at radius 3 is 2.52 bits per heavy atom. The van der Waals surface area contributed by atoms with Crippen molar-refractivity contribution in [2.45, 2.75) is 0 Å². The molecule has 0 aliphatic heterocycles. The predicted octanol–water partition coefficient (Wildman–Crippen LogP) is 4.12. The van der Waals surface area contributed by atoms with Gasteiger partial charge in [-0.1, -0.05) is 18.2 Å². The molecule has 25 heavy (non-hydrogen) atoms. The van der Waals surface area contributed by atoms with Crippen LogP contribution in [-0.2, 0) is 0 Å². The molecule has 1 heterocycles. The number of pyridine rings is 1. The molecule has 2 N–H and O–H groups in total. The van der Waals surface area contributed by atoms with Crippen molar-refractivity contribution in [3.63, 3.8) is 0 Å². The molecule has 2 aromatic carbocycles. The molecule has 0 saturated carbocycles. The first-order chi connectivity index (χ1) is 12.1. The first-order valence-corrected chi connectivity index (χ1v) is 8.36. The molecule has 0 unspecified atom stereocenters. The van der Waals surface area contributed by atoms with Gasteiger partial charge in [-0.05, 0) is 40.2 Å². The van der Waals surface area contributed by atoms with Gasteiger partial charge in [0, 0.05) is 34.8 Å². The minimum absolute atomic E-state index is 0.213. The van der Waals surface area contributed by atoms with E-state index in [4.69, 9.17) is 0 Å². The summed E-state index contributed by atoms with van der Waals surface area (Å²) in [7, 11) is 0. The highest BCUT2D eigenvalue weighted by Gasteiger charge is 2.16. The number of carbonyl (C=O) groups excluding carboxylic acids is 1. The number of hydrogen-bond donors (Lipinski definition) is 2. The van der Waals surface area contributed by atoms with E-state index in [1.54, 1.807) is 6.20 Å². The van der Waals surface area contributed by atoms with E-state index in [2.05, 4.69) is 31.5 Å². The molecular weight excluding hydrogens is 392 g/mol. The van der Waals surface area contributed by atoms with Crippen LogP contribution in [0.5, 0.6) is 0 Å². The fraction of sp³-hybridized carbons (Fsp3) is 0.111. The van der Waals surface area contributed by atoms with E-state index in [0.29, 0.717) is 6.54 Å². The van der Waals surface area contributed by atoms with Gasteiger partial charge in [0.2, 0.25) is 0 Å². The summed E-state index contributed by atoms with van der Waals surface area (Å²) in [6.45, 7) is 0.609. The molecule has 0 atom stereocenters. The highest BCUT2D eigenvalue weighted by molar-refractivity contribution is 9.10. The molecule has 0 saturated heterocycles. The number of hydrogen-bond acceptors (Lipinski definition) is 3. The molecule has 1 aromatic heterocycles. The van der Waals surface area contributed by atoms with E-state index in [1.165, 1.54) is 6.07 Å². The van der Waals surface area contributed by atoms with Crippen LogP contribution in [0.4, 0.5) is 14.5 Å². The Morgan fingerprint density at radius 1 is 1.04 bits per heavy atom. The molecule has 7 heteroatoms. The maximum Gasteiger partial charge on any atom is 0.257 e. The number of carbonyl (C=O) groups is 1. The number of nitrogens with zero attached hydrogens (tertiary/aromatic N) is 1. The third-order valence-electron chi connectivity index (χ3n) is 3.64. The van der Waals surface area contributed by atoms with Gasteiger partial charge in [0.1, 0.15) is 17.2 Å². The topological polar surface area (TPSA) is 54.0 Å². The first kappa shape index (κ1) is 17.3. The maximum atomic E-state index is 13.6. The summed E-state index contributed by atoms with van der Waals surface area (Å²) < 4.78 is 28.0. The Kier molecular flexibility index (Phi) is 5.23. The quantitative estimate of drug-likeness (QED) is 0.627. The van der Waals surface area contributed by atoms with Crippen molar-refractivity contribution in [1.82, 2.24) is 10.3 Å². The van der Waals surface area contributed by atoms with Gasteiger partial charge >= 0.3 is 0 Å². The Bertz CT molecular complexity index is 913. The van der Waals surface area contributed by atoms with Crippen molar-refractivity contribution in [3.8, 4) is 0 Å². The van der Waals surface area contributed by atoms with Crippen molar-refractivity contribution in [2.75, 3.05) is 18.4 Å². The SMILES string of the molecule is O=C(NCCNc1ccnc2c(Br)cccc12)c1c(F)cccc1F. The smallest absolute Gasteiger partial charge is 0.257 e. The third kappa shape index (κ3) is 3.76. The van der Waals surface area contributed by atoms with Crippen LogP contribution < -0.4 is 10.6 Å². The largest absolute Gasteiger partial charge is 0.383 e. The summed E-state index contributed by atoms with van der Waals surface area (Å²) in [6, 6.07) is 10.9. The Morgan fingerprint density at radius 2 is 1.76 bits per heavy atom. The van der Waals surface area contributed by atoms with E-state index < -0.39 is 23.1 Å². The summed E-state index contributed by atoms with van der Waals surface area (Å²) in [5, 5.41) is 6.63. The first-order valence-electron chi connectivity index (χ1n) is 7.57. The molecular formula is C18H14BrF2N3O. The molecule has 0 aliphatic carbocycles.